The van der Waals surface area contributed by atoms with Crippen molar-refractivity contribution in [3.63, 3.8) is 0 Å². The van der Waals surface area contributed by atoms with Crippen molar-refractivity contribution in [1.82, 2.24) is 9.55 Å². The molecule has 0 radical (unpaired) electrons. The first kappa shape index (κ1) is 12.9. The first-order valence-electron chi connectivity index (χ1n) is 5.88. The number of rotatable bonds is 5. The minimum absolute atomic E-state index is 0.0921. The van der Waals surface area contributed by atoms with Crippen molar-refractivity contribution < 1.29 is 9.53 Å². The molecule has 1 amide bonds. The Kier molecular flexibility index (Phi) is 4.02. The Morgan fingerprint density at radius 2 is 2.37 bits per heavy atom. The van der Waals surface area contributed by atoms with E-state index >= 15 is 0 Å². The second kappa shape index (κ2) is 5.90. The van der Waals surface area contributed by atoms with Gasteiger partial charge >= 0.3 is 0 Å². The summed E-state index contributed by atoms with van der Waals surface area (Å²) in [6, 6.07) is 5.15. The van der Waals surface area contributed by atoms with Crippen molar-refractivity contribution in [2.75, 3.05) is 18.2 Å². The van der Waals surface area contributed by atoms with Gasteiger partial charge in [-0.25, -0.2) is 4.98 Å². The van der Waals surface area contributed by atoms with Crippen LogP contribution in [0.15, 0.2) is 36.9 Å². The van der Waals surface area contributed by atoms with Crippen molar-refractivity contribution in [2.24, 2.45) is 0 Å². The van der Waals surface area contributed by atoms with Gasteiger partial charge in [-0.15, -0.1) is 0 Å². The molecule has 1 aromatic heterocycles. The van der Waals surface area contributed by atoms with Crippen LogP contribution < -0.4 is 15.8 Å². The van der Waals surface area contributed by atoms with E-state index in [9.17, 15) is 4.79 Å². The Balaban J connectivity index is 1.91. The number of imidazole rings is 1. The molecule has 6 heteroatoms. The Hall–Kier alpha value is -2.50. The highest BCUT2D eigenvalue weighted by molar-refractivity contribution is 5.93. The van der Waals surface area contributed by atoms with Crippen molar-refractivity contribution in [3.05, 3.63) is 36.9 Å². The third-order valence-corrected chi connectivity index (χ3v) is 2.69. The van der Waals surface area contributed by atoms with E-state index in [2.05, 4.69) is 10.3 Å². The van der Waals surface area contributed by atoms with Crippen LogP contribution in [0.5, 0.6) is 5.75 Å². The van der Waals surface area contributed by atoms with Crippen molar-refractivity contribution >= 4 is 17.3 Å². The third kappa shape index (κ3) is 3.48. The molecule has 0 spiro atoms. The van der Waals surface area contributed by atoms with Crippen LogP contribution in [-0.2, 0) is 11.3 Å². The van der Waals surface area contributed by atoms with E-state index < -0.39 is 0 Å². The lowest BCUT2D eigenvalue weighted by atomic mass is 10.2. The van der Waals surface area contributed by atoms with Gasteiger partial charge in [0.25, 0.3) is 0 Å². The number of methoxy groups -OCH3 is 1. The molecule has 19 heavy (non-hydrogen) atoms. The number of benzene rings is 1. The van der Waals surface area contributed by atoms with E-state index in [-0.39, 0.29) is 5.91 Å². The number of aryl methyl sites for hydroxylation is 1. The van der Waals surface area contributed by atoms with E-state index in [0.29, 0.717) is 30.1 Å². The van der Waals surface area contributed by atoms with E-state index in [1.54, 1.807) is 37.8 Å². The maximum Gasteiger partial charge on any atom is 0.226 e. The number of nitrogens with one attached hydrogen (secondary N) is 1. The Bertz CT molecular complexity index is 552. The predicted octanol–water partition coefficient (Wildman–Crippen LogP) is 1.50. The predicted molar refractivity (Wildman–Crippen MR) is 72.9 cm³/mol. The quantitative estimate of drug-likeness (QED) is 0.798. The second-order valence-corrected chi connectivity index (χ2v) is 4.05. The average molecular weight is 260 g/mol. The van der Waals surface area contributed by atoms with E-state index in [1.807, 2.05) is 10.8 Å². The lowest BCUT2D eigenvalue weighted by Gasteiger charge is -2.09. The van der Waals surface area contributed by atoms with Crippen LogP contribution in [0.4, 0.5) is 11.4 Å². The van der Waals surface area contributed by atoms with Gasteiger partial charge in [0.1, 0.15) is 5.75 Å². The summed E-state index contributed by atoms with van der Waals surface area (Å²) in [5.74, 6) is 0.569. The van der Waals surface area contributed by atoms with Crippen LogP contribution in [0, 0.1) is 0 Å². The molecule has 0 saturated heterocycles. The molecule has 3 N–H and O–H groups in total. The minimum atomic E-state index is -0.0921. The highest BCUT2D eigenvalue weighted by Gasteiger charge is 2.06. The van der Waals surface area contributed by atoms with Gasteiger partial charge in [0, 0.05) is 31.4 Å². The number of nitrogens with zero attached hydrogens (tertiary/aromatic N) is 2. The lowest BCUT2D eigenvalue weighted by molar-refractivity contribution is -0.116. The lowest BCUT2D eigenvalue weighted by Crippen LogP contribution is -2.15. The molecule has 1 heterocycles. The summed E-state index contributed by atoms with van der Waals surface area (Å²) in [5, 5.41) is 2.77. The highest BCUT2D eigenvalue weighted by Crippen LogP contribution is 2.24. The monoisotopic (exact) mass is 260 g/mol. The number of ether oxygens (including phenoxy) is 1. The molecular formula is C13H16N4O2. The number of hydrogen-bond acceptors (Lipinski definition) is 4. The maximum absolute atomic E-state index is 11.8. The molecule has 0 aliphatic rings. The van der Waals surface area contributed by atoms with Gasteiger partial charge in [-0.2, -0.15) is 0 Å². The Labute approximate surface area is 111 Å². The molecule has 0 saturated carbocycles. The topological polar surface area (TPSA) is 82.2 Å². The zero-order valence-corrected chi connectivity index (χ0v) is 10.7. The van der Waals surface area contributed by atoms with Crippen LogP contribution in [0.25, 0.3) is 0 Å². The zero-order valence-electron chi connectivity index (χ0n) is 10.7. The van der Waals surface area contributed by atoms with Crippen molar-refractivity contribution in [2.45, 2.75) is 13.0 Å². The number of nitrogen functional groups attached to an aromatic ring is 1. The van der Waals surface area contributed by atoms with Crippen LogP contribution in [-0.4, -0.2) is 22.6 Å². The zero-order chi connectivity index (χ0) is 13.7. The number of anilines is 2. The number of hydrogen-bond donors (Lipinski definition) is 2. The molecule has 0 aliphatic heterocycles. The van der Waals surface area contributed by atoms with Gasteiger partial charge in [0.2, 0.25) is 5.91 Å². The second-order valence-electron chi connectivity index (χ2n) is 4.05. The molecule has 100 valence electrons. The van der Waals surface area contributed by atoms with E-state index in [4.69, 9.17) is 10.5 Å². The highest BCUT2D eigenvalue weighted by atomic mass is 16.5. The molecule has 0 unspecified atom stereocenters. The standard InChI is InChI=1S/C13H16N4O2/c1-19-10-2-3-12(11(14)8-10)16-13(18)4-6-17-7-5-15-9-17/h2-3,5,7-9H,4,6,14H2,1H3,(H,16,18). The minimum Gasteiger partial charge on any atom is -0.497 e. The summed E-state index contributed by atoms with van der Waals surface area (Å²) < 4.78 is 6.89. The smallest absolute Gasteiger partial charge is 0.226 e. The molecule has 1 aromatic carbocycles. The summed E-state index contributed by atoms with van der Waals surface area (Å²) in [6.07, 6.45) is 5.53. The summed E-state index contributed by atoms with van der Waals surface area (Å²) in [5.41, 5.74) is 6.90. The summed E-state index contributed by atoms with van der Waals surface area (Å²) >= 11 is 0. The largest absolute Gasteiger partial charge is 0.497 e. The number of carbonyl (C=O) groups is 1. The first-order chi connectivity index (χ1) is 9.19. The molecule has 2 rings (SSSR count). The Morgan fingerprint density at radius 3 is 3.00 bits per heavy atom. The van der Waals surface area contributed by atoms with Gasteiger partial charge < -0.3 is 20.4 Å². The van der Waals surface area contributed by atoms with Crippen LogP contribution >= 0.6 is 0 Å². The number of aromatic nitrogens is 2. The normalized spacial score (nSPS) is 10.2. The molecule has 0 bridgehead atoms. The van der Waals surface area contributed by atoms with E-state index in [1.165, 1.54) is 0 Å². The summed E-state index contributed by atoms with van der Waals surface area (Å²) in [7, 11) is 1.57. The maximum atomic E-state index is 11.8. The number of nitrogens with two attached hydrogens (primary N) is 1. The third-order valence-electron chi connectivity index (χ3n) is 2.69. The average Bonchev–Trinajstić information content (AvgIpc) is 2.92. The summed E-state index contributed by atoms with van der Waals surface area (Å²) in [6.45, 7) is 0.585. The first-order valence-corrected chi connectivity index (χ1v) is 5.88. The van der Waals surface area contributed by atoms with Gasteiger partial charge in [-0.1, -0.05) is 0 Å². The SMILES string of the molecule is COc1ccc(NC(=O)CCn2ccnc2)c(N)c1. The molecule has 0 aliphatic carbocycles. The van der Waals surface area contributed by atoms with Crippen LogP contribution in [0.1, 0.15) is 6.42 Å². The van der Waals surface area contributed by atoms with Crippen molar-refractivity contribution in [1.29, 1.82) is 0 Å². The molecular weight excluding hydrogens is 244 g/mol. The number of carbonyl (C=O) groups excluding carboxylic acids is 1. The van der Waals surface area contributed by atoms with Crippen molar-refractivity contribution in [3.8, 4) is 5.75 Å². The molecule has 2 aromatic rings. The van der Waals surface area contributed by atoms with E-state index in [0.717, 1.165) is 0 Å². The molecule has 0 fully saturated rings. The molecule has 0 atom stereocenters. The van der Waals surface area contributed by atoms with Gasteiger partial charge in [-0.3, -0.25) is 4.79 Å². The van der Waals surface area contributed by atoms with Gasteiger partial charge in [0.15, 0.2) is 0 Å². The fourth-order valence-electron chi connectivity index (χ4n) is 1.64. The van der Waals surface area contributed by atoms with Crippen LogP contribution in [0.3, 0.4) is 0 Å². The fraction of sp³-hybridized carbons (Fsp3) is 0.231. The summed E-state index contributed by atoms with van der Waals surface area (Å²) in [4.78, 5) is 15.7. The molecule has 6 nitrogen and oxygen atoms in total. The van der Waals surface area contributed by atoms with Gasteiger partial charge in [-0.05, 0) is 12.1 Å². The van der Waals surface area contributed by atoms with Crippen LogP contribution in [0.2, 0.25) is 0 Å². The van der Waals surface area contributed by atoms with Gasteiger partial charge in [0.05, 0.1) is 24.8 Å². The number of amides is 1. The Morgan fingerprint density at radius 1 is 1.53 bits per heavy atom. The fourth-order valence-corrected chi connectivity index (χ4v) is 1.64.